The monoisotopic (exact) mass is 402 g/mol. The fourth-order valence-corrected chi connectivity index (χ4v) is 3.22. The minimum atomic E-state index is -4.47. The molecule has 2 aromatic rings. The Morgan fingerprint density at radius 3 is 2.38 bits per heavy atom. The van der Waals surface area contributed by atoms with E-state index in [1.165, 1.54) is 19.3 Å². The average molecular weight is 403 g/mol. The number of para-hydroxylation sites is 1. The van der Waals surface area contributed by atoms with Crippen LogP contribution < -0.4 is 61.2 Å². The molecule has 0 radical (unpaired) electrons. The van der Waals surface area contributed by atoms with Crippen molar-refractivity contribution in [1.82, 2.24) is 0 Å². The summed E-state index contributed by atoms with van der Waals surface area (Å²) in [7, 11) is -4.47. The Bertz CT molecular complexity index is 805. The summed E-state index contributed by atoms with van der Waals surface area (Å²) in [6, 6.07) is 10.5. The first-order chi connectivity index (χ1) is 11.9. The van der Waals surface area contributed by atoms with Gasteiger partial charge in [-0.1, -0.05) is 56.9 Å². The zero-order valence-corrected chi connectivity index (χ0v) is 19.2. The molecule has 2 rings (SSSR count). The van der Waals surface area contributed by atoms with Gasteiger partial charge in [0.25, 0.3) is 10.1 Å². The maximum Gasteiger partial charge on any atom is 1.00 e. The smallest absolute Gasteiger partial charge is 0.872 e. The zero-order chi connectivity index (χ0) is 18.3. The number of aryl methyl sites for hydroxylation is 1. The number of ether oxygens (including phenoxy) is 1. The maximum absolute atomic E-state index is 11.6. The zero-order valence-electron chi connectivity index (χ0n) is 15.3. The Kier molecular flexibility index (Phi) is 10.4. The van der Waals surface area contributed by atoms with Crippen LogP contribution in [0.3, 0.4) is 0 Å². The summed E-state index contributed by atoms with van der Waals surface area (Å²) in [5.74, 6) is -0.0543. The molecule has 0 saturated heterocycles. The van der Waals surface area contributed by atoms with Gasteiger partial charge in [-0.15, -0.1) is 5.75 Å². The molecule has 1 N–H and O–H groups in total. The molecular formula is C19H23KO5S. The molecule has 2 aromatic carbocycles. The summed E-state index contributed by atoms with van der Waals surface area (Å²) < 4.78 is 38.0. The summed E-state index contributed by atoms with van der Waals surface area (Å²) in [6.45, 7) is 2.17. The number of rotatable bonds is 9. The quantitative estimate of drug-likeness (QED) is 0.388. The first-order valence-electron chi connectivity index (χ1n) is 8.46. The fourth-order valence-electron chi connectivity index (χ4n) is 2.63. The second kappa shape index (κ2) is 11.4. The molecule has 0 spiro atoms. The molecule has 26 heavy (non-hydrogen) atoms. The molecule has 0 fully saturated rings. The summed E-state index contributed by atoms with van der Waals surface area (Å²) >= 11 is 0. The van der Waals surface area contributed by atoms with E-state index < -0.39 is 15.0 Å². The first-order valence-corrected chi connectivity index (χ1v) is 9.90. The molecule has 0 heterocycles. The van der Waals surface area contributed by atoms with Gasteiger partial charge in [0.1, 0.15) is 16.4 Å². The van der Waals surface area contributed by atoms with Crippen molar-refractivity contribution in [3.63, 3.8) is 0 Å². The van der Waals surface area contributed by atoms with E-state index in [0.717, 1.165) is 43.0 Å². The molecule has 0 bridgehead atoms. The van der Waals surface area contributed by atoms with Crippen molar-refractivity contribution >= 4 is 10.1 Å². The Morgan fingerprint density at radius 2 is 1.69 bits per heavy atom. The van der Waals surface area contributed by atoms with Gasteiger partial charge in [-0.3, -0.25) is 4.55 Å². The van der Waals surface area contributed by atoms with Gasteiger partial charge in [0.05, 0.1) is 0 Å². The third kappa shape index (κ3) is 7.30. The molecule has 0 aliphatic heterocycles. The predicted molar refractivity (Wildman–Crippen MR) is 94.7 cm³/mol. The van der Waals surface area contributed by atoms with Crippen molar-refractivity contribution in [1.29, 1.82) is 0 Å². The first kappa shape index (κ1) is 23.6. The fraction of sp³-hybridized carbons (Fsp3) is 0.368. The van der Waals surface area contributed by atoms with Crippen molar-refractivity contribution < 1.29 is 74.2 Å². The topological polar surface area (TPSA) is 86.7 Å². The number of hydrogen-bond acceptors (Lipinski definition) is 4. The summed E-state index contributed by atoms with van der Waals surface area (Å²) in [4.78, 5) is -0.412. The molecule has 0 aliphatic rings. The molecule has 0 saturated carbocycles. The van der Waals surface area contributed by atoms with Gasteiger partial charge in [-0.25, -0.2) is 0 Å². The summed E-state index contributed by atoms with van der Waals surface area (Å²) in [6.07, 6.45) is 6.51. The van der Waals surface area contributed by atoms with Crippen molar-refractivity contribution in [3.8, 4) is 17.2 Å². The van der Waals surface area contributed by atoms with Crippen LogP contribution in [0.1, 0.15) is 44.6 Å². The Morgan fingerprint density at radius 1 is 1.00 bits per heavy atom. The Hall–Kier alpha value is -0.414. The molecule has 136 valence electrons. The number of benzene rings is 2. The van der Waals surface area contributed by atoms with Gasteiger partial charge >= 0.3 is 51.4 Å². The van der Waals surface area contributed by atoms with E-state index in [-0.39, 0.29) is 62.9 Å². The van der Waals surface area contributed by atoms with E-state index in [2.05, 4.69) is 6.92 Å². The van der Waals surface area contributed by atoms with E-state index in [1.807, 2.05) is 12.1 Å². The van der Waals surface area contributed by atoms with Gasteiger partial charge in [0.15, 0.2) is 0 Å². The van der Waals surface area contributed by atoms with Gasteiger partial charge < -0.3 is 9.84 Å². The molecule has 0 aromatic heterocycles. The Labute approximate surface area is 198 Å². The minimum absolute atomic E-state index is 0. The molecular weight excluding hydrogens is 379 g/mol. The van der Waals surface area contributed by atoms with E-state index in [4.69, 9.17) is 4.74 Å². The standard InChI is InChI=1S/C19H24O5S.K/c1-2-3-4-5-6-9-15-10-7-8-11-17(15)24-18-14-16(20)12-13-19(18)25(21,22)23;/h7-8,10-14,20H,2-6,9H2,1H3,(H,21,22,23);/q;+1/p-1. The van der Waals surface area contributed by atoms with Gasteiger partial charge in [-0.05, 0) is 36.6 Å². The van der Waals surface area contributed by atoms with Crippen LogP contribution in [0.5, 0.6) is 17.2 Å². The molecule has 7 heteroatoms. The van der Waals surface area contributed by atoms with Crippen molar-refractivity contribution in [3.05, 3.63) is 48.0 Å². The number of unbranched alkanes of at least 4 members (excludes halogenated alkanes) is 4. The van der Waals surface area contributed by atoms with E-state index in [9.17, 15) is 18.1 Å². The second-order valence-electron chi connectivity index (χ2n) is 5.96. The van der Waals surface area contributed by atoms with Gasteiger partial charge in [-0.2, -0.15) is 8.42 Å². The third-order valence-corrected chi connectivity index (χ3v) is 4.83. The van der Waals surface area contributed by atoms with Crippen LogP contribution in [0, 0.1) is 0 Å². The van der Waals surface area contributed by atoms with Crippen LogP contribution in [0.2, 0.25) is 0 Å². The number of hydrogen-bond donors (Lipinski definition) is 1. The van der Waals surface area contributed by atoms with E-state index in [1.54, 1.807) is 12.1 Å². The molecule has 0 aliphatic carbocycles. The SMILES string of the molecule is CCCCCCCc1ccccc1Oc1cc([O-])ccc1S(=O)(=O)O.[K+]. The van der Waals surface area contributed by atoms with Crippen LogP contribution in [0.25, 0.3) is 0 Å². The predicted octanol–water partition coefficient (Wildman–Crippen LogP) is 1.32. The second-order valence-corrected chi connectivity index (χ2v) is 7.35. The summed E-state index contributed by atoms with van der Waals surface area (Å²) in [5.41, 5.74) is 0.941. The normalized spacial score (nSPS) is 11.0. The third-order valence-electron chi connectivity index (χ3n) is 3.94. The largest absolute Gasteiger partial charge is 1.00 e. The van der Waals surface area contributed by atoms with Crippen molar-refractivity contribution in [2.24, 2.45) is 0 Å². The molecule has 0 atom stereocenters. The van der Waals surface area contributed by atoms with Gasteiger partial charge in [0.2, 0.25) is 0 Å². The summed E-state index contributed by atoms with van der Waals surface area (Å²) in [5, 5.41) is 11.6. The average Bonchev–Trinajstić information content (AvgIpc) is 2.55. The molecule has 5 nitrogen and oxygen atoms in total. The van der Waals surface area contributed by atoms with Crippen molar-refractivity contribution in [2.45, 2.75) is 50.3 Å². The van der Waals surface area contributed by atoms with Crippen LogP contribution in [-0.4, -0.2) is 13.0 Å². The Balaban J connectivity index is 0.00000338. The molecule has 0 unspecified atom stereocenters. The van der Waals surface area contributed by atoms with E-state index >= 15 is 0 Å². The van der Waals surface area contributed by atoms with Gasteiger partial charge in [0, 0.05) is 0 Å². The maximum atomic E-state index is 11.6. The molecule has 0 amide bonds. The van der Waals surface area contributed by atoms with Crippen LogP contribution in [0.4, 0.5) is 0 Å². The van der Waals surface area contributed by atoms with Crippen molar-refractivity contribution in [2.75, 3.05) is 0 Å². The van der Waals surface area contributed by atoms with Crippen LogP contribution in [-0.2, 0) is 16.5 Å². The van der Waals surface area contributed by atoms with Crippen LogP contribution >= 0.6 is 0 Å². The van der Waals surface area contributed by atoms with Crippen LogP contribution in [0.15, 0.2) is 47.4 Å². The van der Waals surface area contributed by atoms with E-state index in [0.29, 0.717) is 5.75 Å². The minimum Gasteiger partial charge on any atom is -0.872 e.